The number of benzene rings is 1. The van der Waals surface area contributed by atoms with Gasteiger partial charge in [-0.05, 0) is 51.5 Å². The van der Waals surface area contributed by atoms with Crippen molar-refractivity contribution >= 4 is 35.2 Å². The van der Waals surface area contributed by atoms with E-state index in [1.54, 1.807) is 23.7 Å². The van der Waals surface area contributed by atoms with Gasteiger partial charge in [-0.3, -0.25) is 9.38 Å². The molecule has 0 atom stereocenters. The maximum atomic E-state index is 4.81. The van der Waals surface area contributed by atoms with Crippen LogP contribution in [0.3, 0.4) is 0 Å². The molecule has 0 aliphatic heterocycles. The van der Waals surface area contributed by atoms with Crippen LogP contribution in [0.5, 0.6) is 0 Å². The van der Waals surface area contributed by atoms with Gasteiger partial charge in [0.05, 0.1) is 16.0 Å². The molecule has 4 rings (SSSR count). The Hall–Kier alpha value is -2.81. The van der Waals surface area contributed by atoms with Crippen LogP contribution in [0.1, 0.15) is 36.8 Å². The van der Waals surface area contributed by atoms with Gasteiger partial charge >= 0.3 is 0 Å². The summed E-state index contributed by atoms with van der Waals surface area (Å²) in [5.41, 5.74) is 3.92. The largest absolute Gasteiger partial charge is 0.365 e. The summed E-state index contributed by atoms with van der Waals surface area (Å²) in [5.74, 6) is 7.55. The number of fused-ring (bicyclic) bond motifs is 1. The molecule has 0 aliphatic carbocycles. The Labute approximate surface area is 181 Å². The van der Waals surface area contributed by atoms with Gasteiger partial charge in [0, 0.05) is 23.5 Å². The molecule has 0 bridgehead atoms. The normalized spacial score (nSPS) is 10.9. The predicted octanol–water partition coefficient (Wildman–Crippen LogP) is 5.80. The van der Waals surface area contributed by atoms with Crippen LogP contribution in [0.15, 0.2) is 55.0 Å². The second kappa shape index (κ2) is 8.28. The summed E-state index contributed by atoms with van der Waals surface area (Å²) in [6, 6.07) is 12.3. The summed E-state index contributed by atoms with van der Waals surface area (Å²) in [6.07, 6.45) is 5.50. The number of halogens is 1. The Morgan fingerprint density at radius 1 is 1.07 bits per heavy atom. The van der Waals surface area contributed by atoms with Crippen molar-refractivity contribution in [2.24, 2.45) is 0 Å². The second-order valence-electron chi connectivity index (χ2n) is 7.72. The predicted molar refractivity (Wildman–Crippen MR) is 124 cm³/mol. The van der Waals surface area contributed by atoms with E-state index in [0.29, 0.717) is 0 Å². The molecule has 0 spiro atoms. The topological polar surface area (TPSA) is 42.2 Å². The number of thiophene rings is 1. The molecule has 0 fully saturated rings. The fourth-order valence-electron chi connectivity index (χ4n) is 2.93. The molecule has 0 amide bonds. The highest BCUT2D eigenvalue weighted by Crippen LogP contribution is 2.34. The van der Waals surface area contributed by atoms with E-state index in [9.17, 15) is 0 Å². The average molecular weight is 423 g/mol. The molecule has 3 heterocycles. The summed E-state index contributed by atoms with van der Waals surface area (Å²) in [5, 5.41) is 3.59. The van der Waals surface area contributed by atoms with Crippen LogP contribution in [0.25, 0.3) is 16.2 Å². The third-order valence-electron chi connectivity index (χ3n) is 4.23. The van der Waals surface area contributed by atoms with Crippen molar-refractivity contribution in [3.8, 4) is 22.4 Å². The molecular formula is C23H23ClN4S. The molecule has 0 unspecified atom stereocenters. The van der Waals surface area contributed by atoms with Crippen LogP contribution in [0.2, 0.25) is 0 Å². The van der Waals surface area contributed by atoms with Gasteiger partial charge in [-0.25, -0.2) is 4.98 Å². The third kappa shape index (κ3) is 4.61. The lowest BCUT2D eigenvalue weighted by atomic mass is 10.1. The van der Waals surface area contributed by atoms with Gasteiger partial charge < -0.3 is 5.32 Å². The van der Waals surface area contributed by atoms with Gasteiger partial charge in [-0.1, -0.05) is 30.0 Å². The number of nitrogens with zero attached hydrogens (tertiary/aromatic N) is 3. The molecular weight excluding hydrogens is 400 g/mol. The van der Waals surface area contributed by atoms with E-state index in [0.717, 1.165) is 32.5 Å². The molecule has 0 saturated heterocycles. The van der Waals surface area contributed by atoms with Crippen molar-refractivity contribution in [1.29, 1.82) is 0 Å². The van der Waals surface area contributed by atoms with E-state index in [4.69, 9.17) is 4.98 Å². The van der Waals surface area contributed by atoms with E-state index >= 15 is 0 Å². The molecule has 0 saturated carbocycles. The summed E-state index contributed by atoms with van der Waals surface area (Å²) in [6.45, 7) is 8.51. The van der Waals surface area contributed by atoms with Gasteiger partial charge in [0.1, 0.15) is 11.5 Å². The van der Waals surface area contributed by atoms with Crippen molar-refractivity contribution in [3.63, 3.8) is 0 Å². The lowest BCUT2D eigenvalue weighted by Crippen LogP contribution is -2.27. The number of nitrogens with one attached hydrogen (secondary N) is 1. The van der Waals surface area contributed by atoms with Crippen molar-refractivity contribution in [3.05, 3.63) is 71.0 Å². The lowest BCUT2D eigenvalue weighted by molar-refractivity contribution is 0.629. The van der Waals surface area contributed by atoms with E-state index in [1.807, 2.05) is 22.7 Å². The fraction of sp³-hybridized carbons (Fsp3) is 0.217. The summed E-state index contributed by atoms with van der Waals surface area (Å²) < 4.78 is 2.05. The zero-order valence-electron chi connectivity index (χ0n) is 16.9. The monoisotopic (exact) mass is 422 g/mol. The Bertz CT molecular complexity index is 1200. The molecule has 4 nitrogen and oxygen atoms in total. The molecule has 6 heteroatoms. The molecule has 1 N–H and O–H groups in total. The van der Waals surface area contributed by atoms with Gasteiger partial charge in [0.15, 0.2) is 5.65 Å². The standard InChI is InChI=1S/C23H22N4S.ClH/c1-16-7-5-6-8-17(16)9-10-18-11-12-19(28-18)21-22(26-23(2,3)4)27-14-13-24-15-20(27)25-21;/h5-8,11-15,26H,1-4H3;1H. The molecule has 1 aromatic carbocycles. The van der Waals surface area contributed by atoms with Crippen LogP contribution < -0.4 is 5.32 Å². The zero-order valence-corrected chi connectivity index (χ0v) is 18.5. The quantitative estimate of drug-likeness (QED) is 0.415. The van der Waals surface area contributed by atoms with E-state index in [-0.39, 0.29) is 17.9 Å². The third-order valence-corrected chi connectivity index (χ3v) is 5.24. The second-order valence-corrected chi connectivity index (χ2v) is 8.80. The Morgan fingerprint density at radius 2 is 1.86 bits per heavy atom. The smallest absolute Gasteiger partial charge is 0.157 e. The zero-order chi connectivity index (χ0) is 19.7. The minimum atomic E-state index is -0.0846. The molecule has 3 aromatic heterocycles. The molecule has 4 aromatic rings. The van der Waals surface area contributed by atoms with Crippen LogP contribution >= 0.6 is 23.7 Å². The maximum Gasteiger partial charge on any atom is 0.157 e. The highest BCUT2D eigenvalue weighted by molar-refractivity contribution is 7.16. The van der Waals surface area contributed by atoms with Crippen molar-refractivity contribution in [2.75, 3.05) is 5.32 Å². The summed E-state index contributed by atoms with van der Waals surface area (Å²) in [7, 11) is 0. The number of aryl methyl sites for hydroxylation is 1. The number of hydrogen-bond acceptors (Lipinski definition) is 4. The Kier molecular flexibility index (Phi) is 5.97. The number of imidazole rings is 1. The first-order valence-electron chi connectivity index (χ1n) is 9.19. The molecule has 0 radical (unpaired) electrons. The highest BCUT2D eigenvalue weighted by atomic mass is 35.5. The molecule has 29 heavy (non-hydrogen) atoms. The number of hydrogen-bond donors (Lipinski definition) is 1. The van der Waals surface area contributed by atoms with Crippen molar-refractivity contribution in [1.82, 2.24) is 14.4 Å². The van der Waals surface area contributed by atoms with E-state index in [1.165, 1.54) is 5.56 Å². The maximum absolute atomic E-state index is 4.81. The first kappa shape index (κ1) is 20.9. The number of rotatable bonds is 2. The van der Waals surface area contributed by atoms with Crippen LogP contribution in [-0.4, -0.2) is 19.9 Å². The van der Waals surface area contributed by atoms with Crippen molar-refractivity contribution < 1.29 is 0 Å². The average Bonchev–Trinajstić information content (AvgIpc) is 3.25. The number of anilines is 1. The molecule has 148 valence electrons. The van der Waals surface area contributed by atoms with Gasteiger partial charge in [-0.15, -0.1) is 23.7 Å². The molecule has 0 aliphatic rings. The SMILES string of the molecule is Cc1ccccc1C#Cc1ccc(-c2nc3cnccn3c2NC(C)(C)C)s1.Cl. The Morgan fingerprint density at radius 3 is 2.62 bits per heavy atom. The summed E-state index contributed by atoms with van der Waals surface area (Å²) >= 11 is 1.66. The Balaban J connectivity index is 0.00000240. The minimum Gasteiger partial charge on any atom is -0.365 e. The first-order chi connectivity index (χ1) is 13.4. The summed E-state index contributed by atoms with van der Waals surface area (Å²) in [4.78, 5) is 11.1. The lowest BCUT2D eigenvalue weighted by Gasteiger charge is -2.22. The van der Waals surface area contributed by atoms with Crippen LogP contribution in [0, 0.1) is 18.8 Å². The van der Waals surface area contributed by atoms with Gasteiger partial charge in [0.25, 0.3) is 0 Å². The fourth-order valence-corrected chi connectivity index (χ4v) is 3.78. The van der Waals surface area contributed by atoms with Crippen molar-refractivity contribution in [2.45, 2.75) is 33.2 Å². The van der Waals surface area contributed by atoms with E-state index in [2.05, 4.69) is 74.1 Å². The van der Waals surface area contributed by atoms with Crippen LogP contribution in [0.4, 0.5) is 5.82 Å². The van der Waals surface area contributed by atoms with Gasteiger partial charge in [0.2, 0.25) is 0 Å². The van der Waals surface area contributed by atoms with E-state index < -0.39 is 0 Å². The number of aromatic nitrogens is 3. The van der Waals surface area contributed by atoms with Gasteiger partial charge in [-0.2, -0.15) is 0 Å². The minimum absolute atomic E-state index is 0. The highest BCUT2D eigenvalue weighted by Gasteiger charge is 2.20. The first-order valence-corrected chi connectivity index (χ1v) is 10.0. The van der Waals surface area contributed by atoms with Crippen LogP contribution in [-0.2, 0) is 0 Å².